The Kier molecular flexibility index (Phi) is 3.66. The highest BCUT2D eigenvalue weighted by atomic mass is 19.1. The Morgan fingerprint density at radius 2 is 2.04 bits per heavy atom. The second kappa shape index (κ2) is 5.99. The lowest BCUT2D eigenvalue weighted by Gasteiger charge is -2.29. The zero-order valence-electron chi connectivity index (χ0n) is 16.3. The summed E-state index contributed by atoms with van der Waals surface area (Å²) in [5.74, 6) is -0.200. The molecule has 0 atom stereocenters. The summed E-state index contributed by atoms with van der Waals surface area (Å²) in [6, 6.07) is 11.6. The van der Waals surface area contributed by atoms with E-state index in [4.69, 9.17) is 4.42 Å². The van der Waals surface area contributed by atoms with Gasteiger partial charge in [0.2, 0.25) is 0 Å². The van der Waals surface area contributed by atoms with E-state index in [0.717, 1.165) is 47.2 Å². The van der Waals surface area contributed by atoms with Gasteiger partial charge in [0.1, 0.15) is 11.3 Å². The molecule has 0 unspecified atom stereocenters. The van der Waals surface area contributed by atoms with E-state index < -0.39 is 0 Å². The Bertz CT molecular complexity index is 1180. The molecule has 2 aromatic heterocycles. The topological polar surface area (TPSA) is 57.1 Å². The molecule has 6 heteroatoms. The molecule has 0 spiro atoms. The molecule has 0 bridgehead atoms. The van der Waals surface area contributed by atoms with Crippen LogP contribution >= 0.6 is 0 Å². The molecule has 5 rings (SSSR count). The summed E-state index contributed by atoms with van der Waals surface area (Å²) in [6.07, 6.45) is 0.902. The fourth-order valence-corrected chi connectivity index (χ4v) is 3.89. The van der Waals surface area contributed by atoms with Crippen molar-refractivity contribution in [3.8, 4) is 0 Å². The van der Waals surface area contributed by atoms with Crippen LogP contribution in [0.3, 0.4) is 0 Å². The first-order valence-corrected chi connectivity index (χ1v) is 9.58. The standard InChI is InChI=1S/C22H23FN4O/c1-22(2,3)26-21-25-19-11-14(5-7-20(19)28-21)27-9-8-18-16(12-27)15-10-13(23)4-6-17(15)24-18/h4-7,10-11,24H,8-9,12H2,1-3H3,(H,25,26). The number of nitrogens with one attached hydrogen (secondary N) is 2. The molecule has 0 saturated carbocycles. The van der Waals surface area contributed by atoms with E-state index in [-0.39, 0.29) is 11.4 Å². The van der Waals surface area contributed by atoms with Crippen LogP contribution in [-0.2, 0) is 13.0 Å². The molecule has 5 nitrogen and oxygen atoms in total. The molecule has 28 heavy (non-hydrogen) atoms. The van der Waals surface area contributed by atoms with Crippen molar-refractivity contribution in [2.75, 3.05) is 16.8 Å². The Labute approximate surface area is 162 Å². The summed E-state index contributed by atoms with van der Waals surface area (Å²) in [6.45, 7) is 7.86. The monoisotopic (exact) mass is 378 g/mol. The number of halogens is 1. The summed E-state index contributed by atoms with van der Waals surface area (Å²) in [4.78, 5) is 10.3. The molecular formula is C22H23FN4O. The summed E-state index contributed by atoms with van der Waals surface area (Å²) in [7, 11) is 0. The lowest BCUT2D eigenvalue weighted by molar-refractivity contribution is 0.555. The Balaban J connectivity index is 1.47. The van der Waals surface area contributed by atoms with Crippen LogP contribution in [0.2, 0.25) is 0 Å². The van der Waals surface area contributed by atoms with Crippen LogP contribution in [0.5, 0.6) is 0 Å². The van der Waals surface area contributed by atoms with Crippen molar-refractivity contribution in [3.05, 3.63) is 53.5 Å². The predicted molar refractivity (Wildman–Crippen MR) is 110 cm³/mol. The van der Waals surface area contributed by atoms with Crippen molar-refractivity contribution in [2.24, 2.45) is 0 Å². The summed E-state index contributed by atoms with van der Waals surface area (Å²) in [5.41, 5.74) is 5.96. The second-order valence-electron chi connectivity index (χ2n) is 8.49. The smallest absolute Gasteiger partial charge is 0.296 e. The molecule has 1 aliphatic heterocycles. The largest absolute Gasteiger partial charge is 0.424 e. The average Bonchev–Trinajstić information content (AvgIpc) is 3.19. The maximum atomic E-state index is 13.7. The van der Waals surface area contributed by atoms with Crippen molar-refractivity contribution in [3.63, 3.8) is 0 Å². The van der Waals surface area contributed by atoms with Crippen LogP contribution in [0.15, 0.2) is 40.8 Å². The summed E-state index contributed by atoms with van der Waals surface area (Å²) in [5, 5.41) is 4.24. The van der Waals surface area contributed by atoms with Crippen molar-refractivity contribution in [2.45, 2.75) is 39.3 Å². The van der Waals surface area contributed by atoms with E-state index in [1.807, 2.05) is 12.1 Å². The summed E-state index contributed by atoms with van der Waals surface area (Å²) >= 11 is 0. The number of fused-ring (bicyclic) bond motifs is 4. The number of hydrogen-bond donors (Lipinski definition) is 2. The van der Waals surface area contributed by atoms with Crippen LogP contribution in [0.4, 0.5) is 16.1 Å². The Morgan fingerprint density at radius 3 is 2.86 bits per heavy atom. The van der Waals surface area contributed by atoms with E-state index in [0.29, 0.717) is 6.01 Å². The number of anilines is 2. The van der Waals surface area contributed by atoms with Crippen LogP contribution in [0.25, 0.3) is 22.0 Å². The number of oxazole rings is 1. The number of hydrogen-bond acceptors (Lipinski definition) is 4. The highest BCUT2D eigenvalue weighted by Gasteiger charge is 2.22. The van der Waals surface area contributed by atoms with Crippen molar-refractivity contribution in [1.82, 2.24) is 9.97 Å². The molecule has 0 radical (unpaired) electrons. The zero-order chi connectivity index (χ0) is 19.5. The lowest BCUT2D eigenvalue weighted by Crippen LogP contribution is -2.29. The minimum atomic E-state index is -0.200. The molecular weight excluding hydrogens is 355 g/mol. The first kappa shape index (κ1) is 17.1. The van der Waals surface area contributed by atoms with E-state index in [2.05, 4.69) is 53.1 Å². The first-order chi connectivity index (χ1) is 13.4. The maximum absolute atomic E-state index is 13.7. The van der Waals surface area contributed by atoms with E-state index in [1.54, 1.807) is 6.07 Å². The molecule has 2 aromatic carbocycles. The van der Waals surface area contributed by atoms with Gasteiger partial charge in [0.05, 0.1) is 0 Å². The molecule has 0 fully saturated rings. The van der Waals surface area contributed by atoms with Gasteiger partial charge in [-0.15, -0.1) is 0 Å². The third-order valence-electron chi connectivity index (χ3n) is 5.16. The third kappa shape index (κ3) is 2.99. The normalized spacial score (nSPS) is 14.6. The van der Waals surface area contributed by atoms with Crippen molar-refractivity contribution in [1.29, 1.82) is 0 Å². The van der Waals surface area contributed by atoms with Crippen LogP contribution in [-0.4, -0.2) is 22.1 Å². The number of nitrogens with zero attached hydrogens (tertiary/aromatic N) is 2. The lowest BCUT2D eigenvalue weighted by atomic mass is 10.0. The van der Waals surface area contributed by atoms with Gasteiger partial charge in [-0.05, 0) is 57.2 Å². The number of rotatable bonds is 2. The number of aromatic nitrogens is 2. The van der Waals surface area contributed by atoms with E-state index in [9.17, 15) is 4.39 Å². The maximum Gasteiger partial charge on any atom is 0.296 e. The minimum absolute atomic E-state index is 0.114. The van der Waals surface area contributed by atoms with Crippen molar-refractivity contribution < 1.29 is 8.81 Å². The second-order valence-corrected chi connectivity index (χ2v) is 8.49. The SMILES string of the molecule is CC(C)(C)Nc1nc2cc(N3CCc4[nH]c5ccc(F)cc5c4C3)ccc2o1. The quantitative estimate of drug-likeness (QED) is 0.502. The van der Waals surface area contributed by atoms with Crippen LogP contribution < -0.4 is 10.2 Å². The third-order valence-corrected chi connectivity index (χ3v) is 5.16. The molecule has 2 N–H and O–H groups in total. The Morgan fingerprint density at radius 1 is 1.18 bits per heavy atom. The van der Waals surface area contributed by atoms with E-state index >= 15 is 0 Å². The highest BCUT2D eigenvalue weighted by Crippen LogP contribution is 2.32. The van der Waals surface area contributed by atoms with Gasteiger partial charge >= 0.3 is 0 Å². The number of H-pyrrole nitrogens is 1. The summed E-state index contributed by atoms with van der Waals surface area (Å²) < 4.78 is 19.6. The van der Waals surface area contributed by atoms with Gasteiger partial charge in [-0.25, -0.2) is 4.39 Å². The van der Waals surface area contributed by atoms with Gasteiger partial charge in [-0.3, -0.25) is 0 Å². The highest BCUT2D eigenvalue weighted by molar-refractivity contribution is 5.86. The van der Waals surface area contributed by atoms with Gasteiger partial charge in [0.15, 0.2) is 5.58 Å². The van der Waals surface area contributed by atoms with E-state index in [1.165, 1.54) is 17.3 Å². The van der Waals surface area contributed by atoms with Gasteiger partial charge < -0.3 is 19.6 Å². The Hall–Kier alpha value is -3.02. The number of aromatic amines is 1. The predicted octanol–water partition coefficient (Wildman–Crippen LogP) is 5.22. The fraction of sp³-hybridized carbons (Fsp3) is 0.318. The molecule has 1 aliphatic rings. The molecule has 0 aliphatic carbocycles. The van der Waals surface area contributed by atoms with Gasteiger partial charge in [0.25, 0.3) is 6.01 Å². The molecule has 0 amide bonds. The van der Waals surface area contributed by atoms with Crippen molar-refractivity contribution >= 4 is 33.7 Å². The van der Waals surface area contributed by atoms with Gasteiger partial charge in [-0.1, -0.05) is 0 Å². The molecule has 144 valence electrons. The first-order valence-electron chi connectivity index (χ1n) is 9.58. The molecule has 0 saturated heterocycles. The minimum Gasteiger partial charge on any atom is -0.424 e. The molecule has 4 aromatic rings. The zero-order valence-corrected chi connectivity index (χ0v) is 16.3. The van der Waals surface area contributed by atoms with Crippen LogP contribution in [0.1, 0.15) is 32.0 Å². The fourth-order valence-electron chi connectivity index (χ4n) is 3.89. The number of benzene rings is 2. The average molecular weight is 378 g/mol. The molecule has 3 heterocycles. The van der Waals surface area contributed by atoms with Crippen LogP contribution in [0, 0.1) is 5.82 Å². The van der Waals surface area contributed by atoms with Gasteiger partial charge in [-0.2, -0.15) is 4.98 Å². The van der Waals surface area contributed by atoms with Gasteiger partial charge in [0, 0.05) is 52.9 Å².